The van der Waals surface area contributed by atoms with Crippen molar-refractivity contribution in [2.24, 2.45) is 5.16 Å². The average Bonchev–Trinajstić information content (AvgIpc) is 3.15. The lowest BCUT2D eigenvalue weighted by Crippen LogP contribution is -2.71. The Morgan fingerprint density at radius 1 is 1.41 bits per heavy atom. The molecule has 1 fully saturated rings. The molecule has 1 unspecified atom stereocenters. The Balaban J connectivity index is 0.000000739. The van der Waals surface area contributed by atoms with Gasteiger partial charge in [-0.2, -0.15) is 8.42 Å². The number of nitrogens with two attached hydrogens (primary N) is 1. The van der Waals surface area contributed by atoms with E-state index in [9.17, 15) is 24.3 Å². The topological polar surface area (TPSA) is 239 Å². The van der Waals surface area contributed by atoms with Crippen LogP contribution in [0.15, 0.2) is 34.5 Å². The summed E-state index contributed by atoms with van der Waals surface area (Å²) in [6.45, 7) is 4.68. The van der Waals surface area contributed by atoms with Crippen LogP contribution in [-0.4, -0.2) is 79.1 Å². The van der Waals surface area contributed by atoms with E-state index >= 15 is 0 Å². The zero-order valence-electron chi connectivity index (χ0n) is 17.1. The molecule has 1 aromatic heterocycles. The summed E-state index contributed by atoms with van der Waals surface area (Å²) in [6.07, 6.45) is 1.39. The Hall–Kier alpha value is -3.32. The number of carbonyl (C=O) groups excluding carboxylic acids is 3. The second-order valence-corrected chi connectivity index (χ2v) is 9.18. The number of carbonyl (C=O) groups is 4. The van der Waals surface area contributed by atoms with Crippen LogP contribution in [-0.2, 0) is 34.4 Å². The molecule has 0 aromatic carbocycles. The van der Waals surface area contributed by atoms with Crippen LogP contribution in [0.4, 0.5) is 5.13 Å². The molecule has 0 aliphatic carbocycles. The molecule has 0 bridgehead atoms. The van der Waals surface area contributed by atoms with Gasteiger partial charge in [-0.1, -0.05) is 17.8 Å². The molecule has 0 saturated carbocycles. The van der Waals surface area contributed by atoms with E-state index in [0.29, 0.717) is 11.3 Å². The summed E-state index contributed by atoms with van der Waals surface area (Å²) in [7, 11) is -4.67. The van der Waals surface area contributed by atoms with Gasteiger partial charge in [-0.05, 0) is 5.57 Å². The molecule has 2 aliphatic heterocycles. The van der Waals surface area contributed by atoms with E-state index in [1.165, 1.54) is 23.2 Å². The number of oxime groups is 1. The molecule has 2 aliphatic rings. The number of aliphatic carboxylic acids is 1. The van der Waals surface area contributed by atoms with Crippen LogP contribution in [0.2, 0.25) is 0 Å². The molecule has 3 heterocycles. The van der Waals surface area contributed by atoms with Gasteiger partial charge in [0.25, 0.3) is 11.8 Å². The van der Waals surface area contributed by atoms with Gasteiger partial charge in [0, 0.05) is 18.1 Å². The summed E-state index contributed by atoms with van der Waals surface area (Å²) in [4.78, 5) is 57.4. The summed E-state index contributed by atoms with van der Waals surface area (Å²) in [5.74, 6) is -3.08. The molecule has 18 heteroatoms. The highest BCUT2D eigenvalue weighted by atomic mass is 32.3. The fourth-order valence-corrected chi connectivity index (χ4v) is 4.61. The number of anilines is 1. The number of thioether (sulfide) groups is 1. The number of hydrogen-bond acceptors (Lipinski definition) is 12. The number of fused-ring (bicyclic) bond motifs is 1. The summed E-state index contributed by atoms with van der Waals surface area (Å²) >= 11 is 2.34. The quantitative estimate of drug-likeness (QED) is 0.0993. The summed E-state index contributed by atoms with van der Waals surface area (Å²) in [5, 5.41) is 16.5. The largest absolute Gasteiger partial charge is 0.477 e. The van der Waals surface area contributed by atoms with Gasteiger partial charge in [-0.3, -0.25) is 23.6 Å². The van der Waals surface area contributed by atoms with E-state index < -0.39 is 45.6 Å². The van der Waals surface area contributed by atoms with Crippen molar-refractivity contribution in [3.05, 3.63) is 35.0 Å². The number of rotatable bonds is 6. The van der Waals surface area contributed by atoms with Gasteiger partial charge in [0.1, 0.15) is 22.8 Å². The number of amides is 2. The van der Waals surface area contributed by atoms with E-state index in [2.05, 4.69) is 26.9 Å². The zero-order chi connectivity index (χ0) is 25.8. The maximum atomic E-state index is 12.7. The van der Waals surface area contributed by atoms with Gasteiger partial charge in [-0.15, -0.1) is 23.1 Å². The summed E-state index contributed by atoms with van der Waals surface area (Å²) < 4.78 is 31.6. The molecule has 15 nitrogen and oxygen atoms in total. The molecular weight excluding hydrogens is 518 g/mol. The van der Waals surface area contributed by atoms with Crippen LogP contribution >= 0.6 is 23.1 Å². The summed E-state index contributed by atoms with van der Waals surface area (Å²) in [6, 6.07) is -0.980. The molecule has 1 saturated heterocycles. The van der Waals surface area contributed by atoms with Crippen molar-refractivity contribution in [2.45, 2.75) is 18.3 Å². The number of hydrogen-bond donors (Lipinski definition) is 5. The van der Waals surface area contributed by atoms with E-state index in [1.54, 1.807) is 0 Å². The molecule has 2 amide bonds. The smallest absolute Gasteiger partial charge is 0.394 e. The van der Waals surface area contributed by atoms with Crippen molar-refractivity contribution >= 4 is 68.1 Å². The minimum absolute atomic E-state index is 0.0752. The minimum atomic E-state index is -4.67. The molecular formula is C16H17N5O10S3. The van der Waals surface area contributed by atoms with E-state index in [0.717, 1.165) is 23.2 Å². The van der Waals surface area contributed by atoms with Crippen LogP contribution in [0.25, 0.3) is 0 Å². The molecule has 2 atom stereocenters. The number of carboxylic acid groups (broad SMARTS) is 1. The van der Waals surface area contributed by atoms with Crippen LogP contribution in [0.3, 0.4) is 0 Å². The number of nitrogens with one attached hydrogen (secondary N) is 1. The molecule has 0 spiro atoms. The third kappa shape index (κ3) is 6.60. The maximum Gasteiger partial charge on any atom is 0.394 e. The Morgan fingerprint density at radius 3 is 2.50 bits per heavy atom. The number of carboxylic acids is 1. The van der Waals surface area contributed by atoms with Gasteiger partial charge >= 0.3 is 22.3 Å². The molecule has 3 rings (SSSR count). The summed E-state index contributed by atoms with van der Waals surface area (Å²) in [5.41, 5.74) is 5.58. The highest BCUT2D eigenvalue weighted by Gasteiger charge is 2.54. The maximum absolute atomic E-state index is 12.7. The molecule has 34 heavy (non-hydrogen) atoms. The molecule has 0 radical (unpaired) electrons. The highest BCUT2D eigenvalue weighted by molar-refractivity contribution is 8.00. The first kappa shape index (κ1) is 26.9. The number of β-lactam (4-membered cyclic amide) rings is 1. The number of aromatic nitrogens is 1. The van der Waals surface area contributed by atoms with Gasteiger partial charge in [0.05, 0.1) is 0 Å². The number of nitrogen functional groups attached to an aromatic ring is 1. The second kappa shape index (κ2) is 10.7. The Labute approximate surface area is 199 Å². The fraction of sp³-hybridized carbons (Fsp3) is 0.250. The number of thiazole rings is 1. The van der Waals surface area contributed by atoms with Crippen molar-refractivity contribution in [3.8, 4) is 0 Å². The van der Waals surface area contributed by atoms with Crippen molar-refractivity contribution in [1.29, 1.82) is 0 Å². The Kier molecular flexibility index (Phi) is 8.51. The van der Waals surface area contributed by atoms with E-state index in [-0.39, 0.29) is 22.2 Å². The lowest BCUT2D eigenvalue weighted by molar-refractivity contribution is -0.150. The van der Waals surface area contributed by atoms with E-state index in [4.69, 9.17) is 23.3 Å². The van der Waals surface area contributed by atoms with Crippen LogP contribution in [0, 0.1) is 0 Å². The predicted octanol–water partition coefficient (Wildman–Crippen LogP) is -0.736. The monoisotopic (exact) mass is 535 g/mol. The first-order valence-corrected chi connectivity index (χ1v) is 12.1. The van der Waals surface area contributed by atoms with Crippen molar-refractivity contribution in [1.82, 2.24) is 15.2 Å². The van der Waals surface area contributed by atoms with Gasteiger partial charge < -0.3 is 21.0 Å². The van der Waals surface area contributed by atoms with Crippen LogP contribution in [0.1, 0.15) is 12.6 Å². The number of nitrogens with zero attached hydrogens (tertiary/aromatic N) is 3. The van der Waals surface area contributed by atoms with Crippen molar-refractivity contribution < 1.29 is 46.6 Å². The van der Waals surface area contributed by atoms with Gasteiger partial charge in [0.2, 0.25) is 0 Å². The third-order valence-electron chi connectivity index (χ3n) is 3.98. The Morgan fingerprint density at radius 2 is 2.03 bits per heavy atom. The average molecular weight is 536 g/mol. The fourth-order valence-electron chi connectivity index (χ4n) is 2.72. The second-order valence-electron chi connectivity index (χ2n) is 6.29. The standard InChI is InChI=1S/C16H15N5O6S2.H2O4S/c1-3-7-4-28-14-10(13(24)21(14)11(7)15(25)26)19-12(23)9(20-27-6(2)22)8-5-29-16(17)18-8;1-5(2,3)4/h3,5,10,14H,1,4H2,2H3,(H2,17,18)(H,19,23)(H,25,26);(H2,1,2,3,4)/t10?,14-;/m0./s1. The van der Waals surface area contributed by atoms with Crippen LogP contribution in [0.5, 0.6) is 0 Å². The molecule has 6 N–H and O–H groups in total. The van der Waals surface area contributed by atoms with Gasteiger partial charge in [0.15, 0.2) is 10.8 Å². The SMILES string of the molecule is C=CC1=C(C(=O)O)N2C(=O)C(NC(=O)C(=NOC(C)=O)c3csc(N)n3)[C@@H]2SC1.O=S(=O)(O)O. The lowest BCUT2D eigenvalue weighted by atomic mass is 10.0. The zero-order valence-corrected chi connectivity index (χ0v) is 19.5. The lowest BCUT2D eigenvalue weighted by Gasteiger charge is -2.49. The normalized spacial score (nSPS) is 19.8. The highest BCUT2D eigenvalue weighted by Crippen LogP contribution is 2.40. The first-order valence-electron chi connectivity index (χ1n) is 8.75. The number of allylic oxidation sites excluding steroid dienone is 1. The Bertz CT molecular complexity index is 1200. The molecule has 184 valence electrons. The molecule has 1 aromatic rings. The van der Waals surface area contributed by atoms with Gasteiger partial charge in [-0.25, -0.2) is 14.6 Å². The van der Waals surface area contributed by atoms with E-state index in [1.807, 2.05) is 0 Å². The first-order chi connectivity index (χ1) is 15.7. The van der Waals surface area contributed by atoms with Crippen LogP contribution < -0.4 is 11.1 Å². The van der Waals surface area contributed by atoms with Crippen molar-refractivity contribution in [2.75, 3.05) is 11.5 Å². The van der Waals surface area contributed by atoms with Crippen molar-refractivity contribution in [3.63, 3.8) is 0 Å². The minimum Gasteiger partial charge on any atom is -0.477 e. The predicted molar refractivity (Wildman–Crippen MR) is 119 cm³/mol. The third-order valence-corrected chi connectivity index (χ3v) is 5.95.